The summed E-state index contributed by atoms with van der Waals surface area (Å²) in [6.07, 6.45) is 33.3. The molecule has 1 spiro atoms. The molecule has 8 aliphatic rings. The summed E-state index contributed by atoms with van der Waals surface area (Å²) in [6.45, 7) is 4.52. The topological polar surface area (TPSA) is 24.9 Å². The van der Waals surface area contributed by atoms with Crippen molar-refractivity contribution in [1.29, 1.82) is 0 Å². The number of allylic oxidation sites excluding steroid dienone is 13. The summed E-state index contributed by atoms with van der Waals surface area (Å²) in [5, 5.41) is 0. The summed E-state index contributed by atoms with van der Waals surface area (Å²) < 4.78 is 14.3. The molecule has 6 aliphatic carbocycles. The van der Waals surface area contributed by atoms with Crippen LogP contribution in [0.1, 0.15) is 89.1 Å². The fourth-order valence-electron chi connectivity index (χ4n) is 15.8. The predicted molar refractivity (Wildman–Crippen MR) is 349 cm³/mol. The van der Waals surface area contributed by atoms with Crippen molar-refractivity contribution in [3.8, 4) is 33.8 Å². The molecule has 83 heavy (non-hydrogen) atoms. The van der Waals surface area contributed by atoms with Gasteiger partial charge in [-0.15, -0.1) is 0 Å². The lowest BCUT2D eigenvalue weighted by atomic mass is 9.56. The molecule has 0 N–H and O–H groups in total. The summed E-state index contributed by atoms with van der Waals surface area (Å²) >= 11 is 2.48. The summed E-state index contributed by atoms with van der Waals surface area (Å²) in [4.78, 5) is 4.89. The van der Waals surface area contributed by atoms with Gasteiger partial charge in [0.1, 0.15) is 11.5 Å². The van der Waals surface area contributed by atoms with Gasteiger partial charge in [0.05, 0.1) is 28.2 Å². The SMILES string of the molecule is C/C=C\C1=C(CCI)Oc2ccccc2N1C1=CC2C(C=C1)c1ccc(/C=C/c3ccc4c(c3)C3(c5ccccc5-c5ccccc53)c3cc(N5C6=C(CCC=C6)Oc6ccccc65)ccc3-4)cc1C2(c1ccccc1)C1C=CC=CC1C. The van der Waals surface area contributed by atoms with Gasteiger partial charge in [0.25, 0.3) is 0 Å². The van der Waals surface area contributed by atoms with E-state index in [1.54, 1.807) is 0 Å². The van der Waals surface area contributed by atoms with Crippen molar-refractivity contribution in [3.63, 3.8) is 0 Å². The van der Waals surface area contributed by atoms with Crippen LogP contribution in [0.4, 0.5) is 17.1 Å². The number of nitrogens with zero attached hydrogens (tertiary/aromatic N) is 2. The molecule has 5 heteroatoms. The molecule has 16 rings (SSSR count). The Morgan fingerprint density at radius 2 is 1.22 bits per heavy atom. The quantitative estimate of drug-likeness (QED) is 0.0817. The van der Waals surface area contributed by atoms with Crippen molar-refractivity contribution in [3.05, 3.63) is 328 Å². The first-order valence-electron chi connectivity index (χ1n) is 29.6. The van der Waals surface area contributed by atoms with Gasteiger partial charge >= 0.3 is 0 Å². The van der Waals surface area contributed by atoms with Crippen LogP contribution in [0.15, 0.2) is 277 Å². The molecule has 0 fully saturated rings. The minimum Gasteiger partial charge on any atom is -0.457 e. The number of rotatable bonds is 9. The van der Waals surface area contributed by atoms with Crippen LogP contribution in [-0.2, 0) is 10.8 Å². The van der Waals surface area contributed by atoms with Gasteiger partial charge in [0.2, 0.25) is 0 Å². The highest BCUT2D eigenvalue weighted by molar-refractivity contribution is 14.1. The average molecular weight is 1190 g/mol. The molecule has 2 aliphatic heterocycles. The third-order valence-corrected chi connectivity index (χ3v) is 19.6. The maximum atomic E-state index is 6.72. The van der Waals surface area contributed by atoms with Crippen molar-refractivity contribution in [2.75, 3.05) is 14.2 Å². The van der Waals surface area contributed by atoms with E-state index in [0.29, 0.717) is 5.92 Å². The molecule has 0 radical (unpaired) electrons. The minimum atomic E-state index is -0.537. The molecule has 0 aromatic heterocycles. The zero-order chi connectivity index (χ0) is 55.4. The van der Waals surface area contributed by atoms with Crippen LogP contribution >= 0.6 is 22.6 Å². The zero-order valence-corrected chi connectivity index (χ0v) is 48.7. The molecular formula is C78H61IN2O2. The predicted octanol–water partition coefficient (Wildman–Crippen LogP) is 19.6. The van der Waals surface area contributed by atoms with E-state index in [2.05, 4.69) is 307 Å². The molecule has 4 nitrogen and oxygen atoms in total. The molecule has 0 saturated carbocycles. The first-order valence-corrected chi connectivity index (χ1v) is 31.1. The summed E-state index contributed by atoms with van der Waals surface area (Å²) in [6, 6.07) is 68.5. The Labute approximate surface area is 501 Å². The van der Waals surface area contributed by atoms with E-state index >= 15 is 0 Å². The lowest BCUT2D eigenvalue weighted by molar-refractivity contribution is 0.257. The largest absolute Gasteiger partial charge is 0.457 e. The van der Waals surface area contributed by atoms with Crippen LogP contribution in [0.3, 0.4) is 0 Å². The second-order valence-corrected chi connectivity index (χ2v) is 24.3. The Bertz CT molecular complexity index is 4270. The number of hydrogen-bond donors (Lipinski definition) is 0. The van der Waals surface area contributed by atoms with Crippen molar-refractivity contribution in [2.24, 2.45) is 17.8 Å². The highest BCUT2D eigenvalue weighted by Gasteiger charge is 2.57. The second kappa shape index (κ2) is 19.8. The molecule has 402 valence electrons. The molecule has 5 atom stereocenters. The normalized spacial score (nSPS) is 22.4. The van der Waals surface area contributed by atoms with Gasteiger partial charge in [-0.2, -0.15) is 0 Å². The van der Waals surface area contributed by atoms with E-state index in [4.69, 9.17) is 9.47 Å². The Morgan fingerprint density at radius 1 is 0.578 bits per heavy atom. The summed E-state index contributed by atoms with van der Waals surface area (Å²) in [5.74, 6) is 4.57. The lowest BCUT2D eigenvalue weighted by Gasteiger charge is -2.47. The third-order valence-electron chi connectivity index (χ3n) is 19.1. The Morgan fingerprint density at radius 3 is 1.96 bits per heavy atom. The van der Waals surface area contributed by atoms with E-state index < -0.39 is 10.8 Å². The van der Waals surface area contributed by atoms with E-state index in [-0.39, 0.29) is 17.8 Å². The maximum absolute atomic E-state index is 6.72. The number of hydrogen-bond acceptors (Lipinski definition) is 4. The van der Waals surface area contributed by atoms with Gasteiger partial charge in [0, 0.05) is 45.9 Å². The fraction of sp³-hybridized carbons (Fsp3) is 0.154. The van der Waals surface area contributed by atoms with Crippen LogP contribution in [-0.4, -0.2) is 4.43 Å². The van der Waals surface area contributed by atoms with Crippen molar-refractivity contribution in [2.45, 2.75) is 49.9 Å². The highest BCUT2D eigenvalue weighted by atomic mass is 127. The maximum Gasteiger partial charge on any atom is 0.151 e. The van der Waals surface area contributed by atoms with Crippen molar-refractivity contribution >= 4 is 51.8 Å². The summed E-state index contributed by atoms with van der Waals surface area (Å²) in [7, 11) is 0. The van der Waals surface area contributed by atoms with Crippen LogP contribution in [0.2, 0.25) is 0 Å². The number of anilines is 3. The number of benzene rings is 8. The highest BCUT2D eigenvalue weighted by Crippen LogP contribution is 2.65. The van der Waals surface area contributed by atoms with Crippen LogP contribution in [0.5, 0.6) is 11.5 Å². The third kappa shape index (κ3) is 7.42. The van der Waals surface area contributed by atoms with Crippen LogP contribution in [0.25, 0.3) is 34.4 Å². The van der Waals surface area contributed by atoms with Gasteiger partial charge in [-0.25, -0.2) is 0 Å². The van der Waals surface area contributed by atoms with Gasteiger partial charge in [-0.3, -0.25) is 0 Å². The minimum absolute atomic E-state index is 0.112. The van der Waals surface area contributed by atoms with E-state index in [1.165, 1.54) is 78.0 Å². The fourth-order valence-corrected chi connectivity index (χ4v) is 16.3. The van der Waals surface area contributed by atoms with Crippen LogP contribution < -0.4 is 19.3 Å². The molecule has 0 amide bonds. The van der Waals surface area contributed by atoms with Gasteiger partial charge in [-0.1, -0.05) is 230 Å². The van der Waals surface area contributed by atoms with Crippen molar-refractivity contribution < 1.29 is 9.47 Å². The molecule has 8 aromatic rings. The molecule has 2 heterocycles. The lowest BCUT2D eigenvalue weighted by Crippen LogP contribution is -2.44. The first-order chi connectivity index (χ1) is 41.0. The number of halogens is 1. The monoisotopic (exact) mass is 1180 g/mol. The van der Waals surface area contributed by atoms with E-state index in [1.807, 2.05) is 0 Å². The van der Waals surface area contributed by atoms with Crippen molar-refractivity contribution in [1.82, 2.24) is 0 Å². The van der Waals surface area contributed by atoms with E-state index in [0.717, 1.165) is 75.2 Å². The smallest absolute Gasteiger partial charge is 0.151 e. The molecule has 0 saturated heterocycles. The standard InChI is InChI=1S/C78H61IN2O2/c1-3-19-69-76(44-45-79)83-75-33-18-13-28-70(75)80(69)54-38-42-60-58-40-36-51(46-65(58)77(67(60)48-54,53-21-5-4-6-22-53)62-25-10-7-20-50(62)2)34-35-52-37-41-59-61-43-39-55(81-71-29-14-16-31-73(71)82-74-32-17-15-30-72(74)81)49-68(61)78(66(59)47-52)63-26-11-8-23-56(63)57-24-9-12-27-64(57)78/h3-16,18-31,33-43,46-50,60,62,67H,17,32,44-45H2,1-2H3/b19-3-,35-34+. The van der Waals surface area contributed by atoms with Crippen LogP contribution in [0, 0.1) is 17.8 Å². The Kier molecular flexibility index (Phi) is 11.9. The number of para-hydroxylation sites is 4. The molecule has 8 aromatic carbocycles. The van der Waals surface area contributed by atoms with Gasteiger partial charge < -0.3 is 19.3 Å². The first kappa shape index (κ1) is 50.1. The number of alkyl halides is 1. The molecule has 0 bridgehead atoms. The Balaban J connectivity index is 0.840. The number of ether oxygens (including phenoxy) is 2. The van der Waals surface area contributed by atoms with E-state index in [9.17, 15) is 0 Å². The zero-order valence-electron chi connectivity index (χ0n) is 46.6. The molecular weight excluding hydrogens is 1120 g/mol. The van der Waals surface area contributed by atoms with Gasteiger partial charge in [0.15, 0.2) is 11.5 Å². The average Bonchev–Trinajstić information content (AvgIpc) is 2.07. The Hall–Kier alpha value is -8.65. The molecule has 5 unspecified atom stereocenters. The summed E-state index contributed by atoms with van der Waals surface area (Å²) in [5.41, 5.74) is 22.7. The second-order valence-electron chi connectivity index (χ2n) is 23.3. The number of fused-ring (bicyclic) bond motifs is 15. The van der Waals surface area contributed by atoms with Gasteiger partial charge in [-0.05, 0) is 158 Å².